The number of hydrogen-bond acceptors (Lipinski definition) is 3. The predicted octanol–water partition coefficient (Wildman–Crippen LogP) is 4.39. The lowest BCUT2D eigenvalue weighted by atomic mass is 10.1. The molecule has 1 aromatic heterocycles. The highest BCUT2D eigenvalue weighted by molar-refractivity contribution is 5.90. The Morgan fingerprint density at radius 1 is 1.04 bits per heavy atom. The van der Waals surface area contributed by atoms with Gasteiger partial charge in [0.2, 0.25) is 0 Å². The van der Waals surface area contributed by atoms with Crippen molar-refractivity contribution in [3.05, 3.63) is 84.2 Å². The standard InChI is InChI=1S/C21H17FN2O3/c22-12-13-23-21(25)27-20-17-10-6-14-24(17)16-9-4-5-11-18(16)26-19(20)15-7-2-1-3-8-15/h1-11,14H,12-13H2,(H,23,25)/i21-1,22-1. The molecule has 1 aliphatic rings. The van der Waals surface area contributed by atoms with Crippen molar-refractivity contribution < 1.29 is 18.7 Å². The average molecular weight is 362 g/mol. The zero-order chi connectivity index (χ0) is 18.6. The van der Waals surface area contributed by atoms with Crippen molar-refractivity contribution in [3.63, 3.8) is 0 Å². The quantitative estimate of drug-likeness (QED) is 0.749. The number of ether oxygens (including phenoxy) is 2. The molecule has 0 radical (unpaired) electrons. The molecular formula is C21H17FN2O3. The number of amides is 1. The minimum atomic E-state index is -0.738. The van der Waals surface area contributed by atoms with E-state index in [9.17, 15) is 9.18 Å². The lowest BCUT2D eigenvalue weighted by Gasteiger charge is -2.14. The molecule has 136 valence electrons. The SMILES string of the molecule is O=[11C](NCC[18F])OC1=C(c2ccccc2)Oc2ccccc2-n2cccc21. The number of para-hydroxylation sites is 2. The molecule has 1 amide bonds. The molecule has 2 aromatic carbocycles. The number of nitrogens with one attached hydrogen (secondary N) is 1. The van der Waals surface area contributed by atoms with E-state index in [1.165, 1.54) is 0 Å². The number of fused-ring (bicyclic) bond motifs is 3. The molecule has 1 N–H and O–H groups in total. The van der Waals surface area contributed by atoms with E-state index in [-0.39, 0.29) is 12.3 Å². The van der Waals surface area contributed by atoms with Crippen LogP contribution in [0.4, 0.5) is 9.18 Å². The van der Waals surface area contributed by atoms with Crippen molar-refractivity contribution in [2.24, 2.45) is 0 Å². The molecule has 0 fully saturated rings. The zero-order valence-corrected chi connectivity index (χ0v) is 14.4. The van der Waals surface area contributed by atoms with E-state index >= 15 is 0 Å². The average Bonchev–Trinajstić information content (AvgIpc) is 3.15. The summed E-state index contributed by atoms with van der Waals surface area (Å²) in [6.07, 6.45) is 1.13. The van der Waals surface area contributed by atoms with Crippen LogP contribution in [-0.4, -0.2) is 23.9 Å². The van der Waals surface area contributed by atoms with Crippen LogP contribution in [0.15, 0.2) is 72.9 Å². The third-order valence-electron chi connectivity index (χ3n) is 4.12. The largest absolute Gasteiger partial charge is 0.451 e. The highest BCUT2D eigenvalue weighted by Crippen LogP contribution is 2.38. The smallest absolute Gasteiger partial charge is 0.412 e. The molecule has 1 aliphatic heterocycles. The molecule has 3 aromatic rings. The molecule has 2 heterocycles. The maximum absolute atomic E-state index is 12.4. The van der Waals surface area contributed by atoms with Gasteiger partial charge >= 0.3 is 6.09 Å². The van der Waals surface area contributed by atoms with Gasteiger partial charge in [0.05, 0.1) is 11.4 Å². The van der Waals surface area contributed by atoms with Crippen LogP contribution in [0.5, 0.6) is 5.75 Å². The second kappa shape index (κ2) is 7.37. The Balaban J connectivity index is 1.88. The van der Waals surface area contributed by atoms with Crippen molar-refractivity contribution >= 4 is 17.6 Å². The van der Waals surface area contributed by atoms with Gasteiger partial charge in [-0.15, -0.1) is 0 Å². The maximum atomic E-state index is 12.4. The van der Waals surface area contributed by atoms with Crippen molar-refractivity contribution in [3.8, 4) is 11.4 Å². The number of aromatic nitrogens is 1. The Morgan fingerprint density at radius 3 is 2.63 bits per heavy atom. The molecule has 0 atom stereocenters. The number of halogens is 1. The van der Waals surface area contributed by atoms with E-state index in [1.807, 2.05) is 77.5 Å². The van der Waals surface area contributed by atoms with Crippen molar-refractivity contribution in [1.29, 1.82) is 0 Å². The van der Waals surface area contributed by atoms with E-state index in [1.54, 1.807) is 0 Å². The summed E-state index contributed by atoms with van der Waals surface area (Å²) in [5.74, 6) is 1.31. The molecule has 0 spiro atoms. The number of alkyl carbamates (subject to hydrolysis) is 1. The van der Waals surface area contributed by atoms with Crippen LogP contribution in [0.25, 0.3) is 17.2 Å². The fourth-order valence-electron chi connectivity index (χ4n) is 2.95. The third-order valence-corrected chi connectivity index (χ3v) is 4.12. The van der Waals surface area contributed by atoms with Crippen LogP contribution >= 0.6 is 0 Å². The summed E-state index contributed by atoms with van der Waals surface area (Å²) in [5.41, 5.74) is 2.25. The van der Waals surface area contributed by atoms with E-state index in [0.717, 1.165) is 11.3 Å². The Bertz CT molecular complexity index is 995. The molecule has 0 bridgehead atoms. The second-order valence-corrected chi connectivity index (χ2v) is 5.86. The van der Waals surface area contributed by atoms with Crippen molar-refractivity contribution in [2.75, 3.05) is 13.2 Å². The molecule has 0 aliphatic carbocycles. The normalized spacial score (nSPS) is 12.5. The molecular weight excluding hydrogens is 345 g/mol. The van der Waals surface area contributed by atoms with Gasteiger partial charge in [-0.05, 0) is 24.3 Å². The van der Waals surface area contributed by atoms with E-state index in [4.69, 9.17) is 9.47 Å². The van der Waals surface area contributed by atoms with E-state index in [2.05, 4.69) is 5.32 Å². The summed E-state index contributed by atoms with van der Waals surface area (Å²) in [5, 5.41) is 2.38. The monoisotopic (exact) mass is 362 g/mol. The Hall–Kier alpha value is -3.54. The molecule has 6 heteroatoms. The van der Waals surface area contributed by atoms with Crippen LogP contribution in [-0.2, 0) is 4.74 Å². The summed E-state index contributed by atoms with van der Waals surface area (Å²) in [4.78, 5) is 12.2. The van der Waals surface area contributed by atoms with E-state index < -0.39 is 12.8 Å². The fraction of sp³-hybridized carbons (Fsp3) is 0.0952. The summed E-state index contributed by atoms with van der Waals surface area (Å²) in [7, 11) is 0. The minimum Gasteiger partial charge on any atom is -0.451 e. The van der Waals surface area contributed by atoms with E-state index in [0.29, 0.717) is 17.2 Å². The predicted molar refractivity (Wildman–Crippen MR) is 100 cm³/mol. The minimum absolute atomic E-state index is 0.116. The number of alkyl halides is 1. The highest BCUT2D eigenvalue weighted by atomic mass is 18.2. The van der Waals surface area contributed by atoms with Crippen LogP contribution in [0, 0.1) is 0 Å². The van der Waals surface area contributed by atoms with Gasteiger partial charge in [-0.1, -0.05) is 42.5 Å². The zero-order valence-electron chi connectivity index (χ0n) is 14.4. The van der Waals surface area contributed by atoms with Gasteiger partial charge in [-0.3, -0.25) is 0 Å². The first-order chi connectivity index (χ1) is 13.3. The summed E-state index contributed by atoms with van der Waals surface area (Å²) < 4.78 is 26.0. The third kappa shape index (κ3) is 3.29. The second-order valence-electron chi connectivity index (χ2n) is 5.86. The summed E-state index contributed by atoms with van der Waals surface area (Å²) in [6.45, 7) is -0.785. The highest BCUT2D eigenvalue weighted by Gasteiger charge is 2.26. The van der Waals surface area contributed by atoms with Gasteiger partial charge in [0.15, 0.2) is 17.3 Å². The number of hydrogen-bond donors (Lipinski definition) is 1. The molecule has 0 saturated heterocycles. The van der Waals surface area contributed by atoms with Gasteiger partial charge in [-0.25, -0.2) is 9.18 Å². The van der Waals surface area contributed by atoms with Gasteiger partial charge in [0.1, 0.15) is 6.67 Å². The molecule has 0 unspecified atom stereocenters. The number of benzene rings is 2. The first kappa shape index (κ1) is 16.9. The van der Waals surface area contributed by atoms with Crippen LogP contribution in [0.2, 0.25) is 0 Å². The van der Waals surface area contributed by atoms with Gasteiger partial charge in [0.25, 0.3) is 0 Å². The number of carbonyl (C=O) groups excluding carboxylic acids is 1. The first-order valence-corrected chi connectivity index (χ1v) is 8.54. The maximum Gasteiger partial charge on any atom is 0.412 e. The Kier molecular flexibility index (Phi) is 4.61. The molecule has 27 heavy (non-hydrogen) atoms. The fourth-order valence-corrected chi connectivity index (χ4v) is 2.95. The van der Waals surface area contributed by atoms with Gasteiger partial charge < -0.3 is 19.4 Å². The summed E-state index contributed by atoms with van der Waals surface area (Å²) >= 11 is 0. The molecule has 4 rings (SSSR count). The van der Waals surface area contributed by atoms with Crippen molar-refractivity contribution in [2.45, 2.75) is 0 Å². The lowest BCUT2D eigenvalue weighted by Crippen LogP contribution is -2.26. The first-order valence-electron chi connectivity index (χ1n) is 8.54. The van der Waals surface area contributed by atoms with Gasteiger partial charge in [0, 0.05) is 18.3 Å². The molecule has 0 saturated carbocycles. The van der Waals surface area contributed by atoms with Crippen LogP contribution in [0.1, 0.15) is 11.3 Å². The lowest BCUT2D eigenvalue weighted by molar-refractivity contribution is 0.190. The molecule has 5 nitrogen and oxygen atoms in total. The summed E-state index contributed by atoms with van der Waals surface area (Å²) in [6, 6.07) is 20.7. The number of carbonyl (C=O) groups is 1. The Labute approximate surface area is 155 Å². The topological polar surface area (TPSA) is 52.5 Å². The van der Waals surface area contributed by atoms with Gasteiger partial charge in [-0.2, -0.15) is 0 Å². The van der Waals surface area contributed by atoms with Crippen LogP contribution in [0.3, 0.4) is 0 Å². The number of rotatable bonds is 4. The van der Waals surface area contributed by atoms with Crippen molar-refractivity contribution in [1.82, 2.24) is 9.88 Å². The number of nitrogens with zero attached hydrogens (tertiary/aromatic N) is 1. The Morgan fingerprint density at radius 2 is 1.81 bits per heavy atom. The van der Waals surface area contributed by atoms with Crippen LogP contribution < -0.4 is 10.1 Å².